The molecule has 2 unspecified atom stereocenters. The number of aliphatic hydroxyl groups is 1. The van der Waals surface area contributed by atoms with E-state index >= 15 is 0 Å². The highest BCUT2D eigenvalue weighted by atomic mass is 35.5. The first-order valence-corrected chi connectivity index (χ1v) is 14.4. The van der Waals surface area contributed by atoms with Crippen LogP contribution in [-0.4, -0.2) is 67.5 Å². The summed E-state index contributed by atoms with van der Waals surface area (Å²) in [5.41, 5.74) is 4.35. The van der Waals surface area contributed by atoms with Crippen LogP contribution in [0.1, 0.15) is 71.0 Å². The number of nitrogens with zero attached hydrogens (tertiary/aromatic N) is 1. The first-order valence-electron chi connectivity index (χ1n) is 14.0. The number of nitrogens with one attached hydrogen (secondary N) is 2. The number of rotatable bonds is 16. The lowest BCUT2D eigenvalue weighted by molar-refractivity contribution is -0.136. The number of hydrogen-bond donors (Lipinski definition) is 4. The van der Waals surface area contributed by atoms with Crippen LogP contribution < -0.4 is 10.6 Å². The minimum Gasteiger partial charge on any atom is -0.512 e. The highest BCUT2D eigenvalue weighted by Gasteiger charge is 2.16. The van der Waals surface area contributed by atoms with Crippen LogP contribution in [-0.2, 0) is 14.3 Å². The van der Waals surface area contributed by atoms with Gasteiger partial charge >= 0.3 is 5.97 Å². The number of halogens is 1. The lowest BCUT2D eigenvalue weighted by Crippen LogP contribution is -2.40. The Morgan fingerprint density at radius 1 is 1.14 bits per heavy atom. The fourth-order valence-corrected chi connectivity index (χ4v) is 3.38. The Bertz CT molecular complexity index is 997. The van der Waals surface area contributed by atoms with Crippen molar-refractivity contribution in [2.24, 2.45) is 5.41 Å². The van der Waals surface area contributed by atoms with Gasteiger partial charge in [0.1, 0.15) is 0 Å². The summed E-state index contributed by atoms with van der Waals surface area (Å²) in [4.78, 5) is 21.4. The maximum Gasteiger partial charge on any atom is 0.305 e. The smallest absolute Gasteiger partial charge is 0.305 e. The number of carbonyl (C=O) groups excluding carboxylic acids is 1. The van der Waals surface area contributed by atoms with Gasteiger partial charge in [-0.2, -0.15) is 0 Å². The standard InChI is InChI=1S/C23H35ClN2O.C6H12O.C4H7NO3/c1-8-9-17(2)10-11-19(4)20(5)26(6)16-25-23(15-27-7)21-12-18(3)13-22(24)14-21;1-5(7)6(2,3)4;6-3-5-2-1-4(7)8/h10-14,20,23,25H,2,4,8-9,15-16H2,1,3,5-7H3;7H,1H2,2-4H3;3H,1-2H2,(H,5,6)(H,7,8)/b11-10-;;. The van der Waals surface area contributed by atoms with Gasteiger partial charge in [-0.3, -0.25) is 19.8 Å². The van der Waals surface area contributed by atoms with E-state index in [9.17, 15) is 9.59 Å². The average Bonchev–Trinajstić information content (AvgIpc) is 2.88. The second-order valence-corrected chi connectivity index (χ2v) is 11.5. The van der Waals surface area contributed by atoms with Crippen LogP contribution in [0.3, 0.4) is 0 Å². The molecule has 238 valence electrons. The van der Waals surface area contributed by atoms with E-state index in [0.29, 0.717) is 19.7 Å². The third-order valence-electron chi connectivity index (χ3n) is 6.12. The van der Waals surface area contributed by atoms with Crippen LogP contribution in [0, 0.1) is 12.3 Å². The van der Waals surface area contributed by atoms with Gasteiger partial charge in [0, 0.05) is 36.8 Å². The third kappa shape index (κ3) is 20.9. The average molecular weight is 608 g/mol. The lowest BCUT2D eigenvalue weighted by atomic mass is 9.95. The molecule has 1 aromatic carbocycles. The van der Waals surface area contributed by atoms with Crippen molar-refractivity contribution in [2.45, 2.75) is 72.9 Å². The molecule has 0 heterocycles. The number of methoxy groups -OCH3 is 1. The van der Waals surface area contributed by atoms with Gasteiger partial charge in [-0.1, -0.05) is 89.2 Å². The maximum atomic E-state index is 9.72. The molecule has 1 rings (SSSR count). The van der Waals surface area contributed by atoms with Crippen molar-refractivity contribution in [2.75, 3.05) is 34.0 Å². The van der Waals surface area contributed by atoms with Crippen LogP contribution in [0.5, 0.6) is 0 Å². The molecular weight excluding hydrogens is 554 g/mol. The molecule has 0 radical (unpaired) electrons. The number of hydrogen-bond acceptors (Lipinski definition) is 6. The number of carboxylic acids is 1. The van der Waals surface area contributed by atoms with E-state index in [1.165, 1.54) is 0 Å². The summed E-state index contributed by atoms with van der Waals surface area (Å²) in [5, 5.41) is 23.2. The van der Waals surface area contributed by atoms with Gasteiger partial charge in [-0.15, -0.1) is 0 Å². The van der Waals surface area contributed by atoms with Gasteiger partial charge in [0.15, 0.2) is 0 Å². The molecule has 2 atom stereocenters. The summed E-state index contributed by atoms with van der Waals surface area (Å²) in [6.07, 6.45) is 6.74. The molecule has 1 aromatic rings. The van der Waals surface area contributed by atoms with Crippen LogP contribution in [0.25, 0.3) is 0 Å². The Morgan fingerprint density at radius 2 is 1.74 bits per heavy atom. The van der Waals surface area contributed by atoms with Gasteiger partial charge in [0.25, 0.3) is 0 Å². The number of likely N-dealkylation sites (N-methyl/N-ethyl adjacent to an activating group) is 1. The lowest BCUT2D eigenvalue weighted by Gasteiger charge is -2.28. The predicted molar refractivity (Wildman–Crippen MR) is 176 cm³/mol. The number of aliphatic hydroxyl groups excluding tert-OH is 1. The molecule has 42 heavy (non-hydrogen) atoms. The number of benzene rings is 1. The van der Waals surface area contributed by atoms with E-state index in [-0.39, 0.29) is 36.2 Å². The number of allylic oxidation sites excluding steroid dienone is 3. The highest BCUT2D eigenvalue weighted by Crippen LogP contribution is 2.21. The zero-order valence-electron chi connectivity index (χ0n) is 26.9. The molecule has 1 amide bonds. The summed E-state index contributed by atoms with van der Waals surface area (Å²) in [6.45, 7) is 25.3. The van der Waals surface area contributed by atoms with E-state index in [4.69, 9.17) is 26.6 Å². The van der Waals surface area contributed by atoms with Crippen LogP contribution in [0.4, 0.5) is 0 Å². The molecule has 0 saturated heterocycles. The number of amides is 1. The summed E-state index contributed by atoms with van der Waals surface area (Å²) in [5.74, 6) is -0.660. The number of carbonyl (C=O) groups is 2. The molecular formula is C33H54ClN3O5. The molecule has 0 bridgehead atoms. The highest BCUT2D eigenvalue weighted by molar-refractivity contribution is 6.30. The largest absolute Gasteiger partial charge is 0.512 e. The Labute approximate surface area is 259 Å². The number of ether oxygens (including phenoxy) is 1. The summed E-state index contributed by atoms with van der Waals surface area (Å²) in [7, 11) is 3.80. The fraction of sp³-hybridized carbons (Fsp3) is 0.515. The fourth-order valence-electron chi connectivity index (χ4n) is 3.09. The molecule has 0 aliphatic heterocycles. The molecule has 0 saturated carbocycles. The van der Waals surface area contributed by atoms with Crippen molar-refractivity contribution in [3.8, 4) is 0 Å². The number of aliphatic carboxylic acids is 1. The second kappa shape index (κ2) is 22.7. The van der Waals surface area contributed by atoms with Gasteiger partial charge in [-0.25, -0.2) is 0 Å². The van der Waals surface area contributed by atoms with Crippen molar-refractivity contribution in [3.63, 3.8) is 0 Å². The normalized spacial score (nSPS) is 12.3. The first kappa shape index (κ1) is 41.2. The SMILES string of the molecule is C=C(/C=C\C(=C)C(C)N(C)CNC(COC)c1cc(C)cc(Cl)c1)CCC.C=C(O)C(C)(C)C.O=CNCCC(=O)O. The molecule has 0 spiro atoms. The zero-order valence-corrected chi connectivity index (χ0v) is 27.7. The topological polar surface area (TPSA) is 111 Å². The maximum absolute atomic E-state index is 9.72. The van der Waals surface area contributed by atoms with E-state index in [2.05, 4.69) is 81.3 Å². The van der Waals surface area contributed by atoms with Gasteiger partial charge < -0.3 is 20.3 Å². The van der Waals surface area contributed by atoms with Crippen molar-refractivity contribution < 1.29 is 24.5 Å². The minimum absolute atomic E-state index is 0.0151. The second-order valence-electron chi connectivity index (χ2n) is 11.1. The molecule has 0 fully saturated rings. The first-order chi connectivity index (χ1) is 19.5. The summed E-state index contributed by atoms with van der Waals surface area (Å²) >= 11 is 6.23. The van der Waals surface area contributed by atoms with Gasteiger partial charge in [0.2, 0.25) is 6.41 Å². The summed E-state index contributed by atoms with van der Waals surface area (Å²) < 4.78 is 5.40. The summed E-state index contributed by atoms with van der Waals surface area (Å²) in [6, 6.07) is 6.40. The molecule has 0 aliphatic carbocycles. The van der Waals surface area contributed by atoms with E-state index in [1.807, 2.05) is 32.9 Å². The van der Waals surface area contributed by atoms with Gasteiger partial charge in [0.05, 0.1) is 24.8 Å². The minimum atomic E-state index is -0.903. The van der Waals surface area contributed by atoms with Crippen molar-refractivity contribution in [1.29, 1.82) is 0 Å². The number of carboxylic acid groups (broad SMARTS) is 1. The van der Waals surface area contributed by atoms with Crippen molar-refractivity contribution in [3.05, 3.63) is 83.1 Å². The molecule has 9 heteroatoms. The monoisotopic (exact) mass is 607 g/mol. The quantitative estimate of drug-likeness (QED) is 0.0527. The van der Waals surface area contributed by atoms with Crippen LogP contribution >= 0.6 is 11.6 Å². The molecule has 0 aliphatic rings. The van der Waals surface area contributed by atoms with Crippen LogP contribution in [0.2, 0.25) is 5.02 Å². The third-order valence-corrected chi connectivity index (χ3v) is 6.34. The van der Waals surface area contributed by atoms with Crippen molar-refractivity contribution in [1.82, 2.24) is 15.5 Å². The van der Waals surface area contributed by atoms with E-state index in [0.717, 1.165) is 40.1 Å². The van der Waals surface area contributed by atoms with E-state index in [1.54, 1.807) is 7.11 Å². The zero-order chi connectivity index (χ0) is 32.9. The number of aryl methyl sites for hydroxylation is 1. The van der Waals surface area contributed by atoms with Crippen molar-refractivity contribution >= 4 is 24.0 Å². The predicted octanol–water partition coefficient (Wildman–Crippen LogP) is 6.98. The van der Waals surface area contributed by atoms with E-state index < -0.39 is 5.97 Å². The van der Waals surface area contributed by atoms with Gasteiger partial charge in [-0.05, 0) is 56.1 Å². The van der Waals surface area contributed by atoms with Crippen LogP contribution in [0.15, 0.2) is 67.0 Å². The Morgan fingerprint density at radius 3 is 2.19 bits per heavy atom. The molecule has 8 nitrogen and oxygen atoms in total. The molecule has 4 N–H and O–H groups in total. The Kier molecular flexibility index (Phi) is 22.2. The Balaban J connectivity index is 0. The Hall–Kier alpha value is -2.91. The molecule has 0 aromatic heterocycles.